The summed E-state index contributed by atoms with van der Waals surface area (Å²) < 4.78 is 38.8. The number of piperazine rings is 1. The summed E-state index contributed by atoms with van der Waals surface area (Å²) in [5.41, 5.74) is 0.890. The fraction of sp³-hybridized carbons (Fsp3) is 0.600. The number of amides is 2. The summed E-state index contributed by atoms with van der Waals surface area (Å²) in [4.78, 5) is 29.9. The Balaban J connectivity index is 1.44. The van der Waals surface area contributed by atoms with Crippen molar-refractivity contribution in [2.75, 3.05) is 45.8 Å². The Kier molecular flexibility index (Phi) is 7.05. The third-order valence-electron chi connectivity index (χ3n) is 5.59. The predicted octanol–water partition coefficient (Wildman–Crippen LogP) is 2.83. The quantitative estimate of drug-likeness (QED) is 0.736. The molecule has 29 heavy (non-hydrogen) atoms. The van der Waals surface area contributed by atoms with Crippen LogP contribution in [-0.4, -0.2) is 78.5 Å². The van der Waals surface area contributed by atoms with Crippen molar-refractivity contribution in [2.45, 2.75) is 25.4 Å². The molecule has 2 aliphatic heterocycles. The van der Waals surface area contributed by atoms with Crippen LogP contribution >= 0.6 is 11.6 Å². The smallest absolute Gasteiger partial charge is 0.341 e. The van der Waals surface area contributed by atoms with Gasteiger partial charge in [-0.15, -0.1) is 0 Å². The molecule has 1 unspecified atom stereocenters. The molecule has 1 aromatic carbocycles. The van der Waals surface area contributed by atoms with Crippen LogP contribution in [0.3, 0.4) is 0 Å². The minimum atomic E-state index is -4.25. The first kappa shape index (κ1) is 21.9. The summed E-state index contributed by atoms with van der Waals surface area (Å²) in [6, 6.07) is 7.14. The number of alkyl halides is 3. The number of carbonyl (C=O) groups excluding carboxylic acids is 2. The summed E-state index contributed by atoms with van der Waals surface area (Å²) in [7, 11) is 0. The molecule has 0 saturated carbocycles. The van der Waals surface area contributed by atoms with Gasteiger partial charge in [0.1, 0.15) is 0 Å². The molecule has 0 aliphatic carbocycles. The third-order valence-corrected chi connectivity index (χ3v) is 5.84. The van der Waals surface area contributed by atoms with E-state index in [0.717, 1.165) is 5.56 Å². The van der Waals surface area contributed by atoms with Gasteiger partial charge in [-0.25, -0.2) is 0 Å². The van der Waals surface area contributed by atoms with Crippen molar-refractivity contribution in [3.8, 4) is 0 Å². The van der Waals surface area contributed by atoms with Crippen LogP contribution in [0.2, 0.25) is 5.02 Å². The molecule has 2 heterocycles. The SMILES string of the molecule is O=C(Cc1ccc(Cl)cc1)N1CCN(CC(=O)N2CCCC(C(F)(F)F)C2)CC1. The molecule has 0 radical (unpaired) electrons. The minimum Gasteiger partial charge on any atom is -0.341 e. The molecule has 9 heteroatoms. The molecule has 160 valence electrons. The van der Waals surface area contributed by atoms with Crippen molar-refractivity contribution in [1.29, 1.82) is 0 Å². The summed E-state index contributed by atoms with van der Waals surface area (Å²) in [6.07, 6.45) is -3.50. The monoisotopic (exact) mass is 431 g/mol. The van der Waals surface area contributed by atoms with E-state index in [4.69, 9.17) is 11.6 Å². The lowest BCUT2D eigenvalue weighted by Gasteiger charge is -2.37. The van der Waals surface area contributed by atoms with Crippen LogP contribution in [0.15, 0.2) is 24.3 Å². The highest BCUT2D eigenvalue weighted by Gasteiger charge is 2.42. The Morgan fingerprint density at radius 2 is 1.62 bits per heavy atom. The molecule has 2 aliphatic rings. The summed E-state index contributed by atoms with van der Waals surface area (Å²) in [5.74, 6) is -1.68. The van der Waals surface area contributed by atoms with Crippen LogP contribution in [0, 0.1) is 5.92 Å². The van der Waals surface area contributed by atoms with E-state index in [9.17, 15) is 22.8 Å². The van der Waals surface area contributed by atoms with Crippen LogP contribution < -0.4 is 0 Å². The van der Waals surface area contributed by atoms with Crippen LogP contribution in [0.25, 0.3) is 0 Å². The normalized spacial score (nSPS) is 21.3. The Bertz CT molecular complexity index is 719. The zero-order chi connectivity index (χ0) is 21.0. The van der Waals surface area contributed by atoms with Crippen LogP contribution in [0.4, 0.5) is 13.2 Å². The highest BCUT2D eigenvalue weighted by molar-refractivity contribution is 6.30. The number of hydrogen-bond donors (Lipinski definition) is 0. The standard InChI is InChI=1S/C20H25ClF3N3O2/c21-17-5-3-15(4-6-17)12-18(28)26-10-8-25(9-11-26)14-19(29)27-7-1-2-16(13-27)20(22,23)24/h3-6,16H,1-2,7-14H2. The van der Waals surface area contributed by atoms with E-state index < -0.39 is 12.1 Å². The van der Waals surface area contributed by atoms with Gasteiger partial charge < -0.3 is 9.80 Å². The van der Waals surface area contributed by atoms with Gasteiger partial charge in [-0.05, 0) is 30.5 Å². The fourth-order valence-corrected chi connectivity index (χ4v) is 3.93. The van der Waals surface area contributed by atoms with Crippen molar-refractivity contribution in [3.63, 3.8) is 0 Å². The lowest BCUT2D eigenvalue weighted by molar-refractivity contribution is -0.188. The van der Waals surface area contributed by atoms with Crippen molar-refractivity contribution < 1.29 is 22.8 Å². The second-order valence-electron chi connectivity index (χ2n) is 7.68. The largest absolute Gasteiger partial charge is 0.393 e. The van der Waals surface area contributed by atoms with Gasteiger partial charge in [-0.2, -0.15) is 13.2 Å². The van der Waals surface area contributed by atoms with Crippen molar-refractivity contribution in [2.24, 2.45) is 5.92 Å². The fourth-order valence-electron chi connectivity index (χ4n) is 3.81. The molecule has 2 saturated heterocycles. The Labute approximate surface area is 173 Å². The summed E-state index contributed by atoms with van der Waals surface area (Å²) in [5, 5.41) is 0.620. The number of halogens is 4. The van der Waals surface area contributed by atoms with E-state index in [2.05, 4.69) is 0 Å². The molecule has 1 atom stereocenters. The molecule has 0 N–H and O–H groups in total. The van der Waals surface area contributed by atoms with Crippen LogP contribution in [0.5, 0.6) is 0 Å². The van der Waals surface area contributed by atoms with Gasteiger partial charge in [0, 0.05) is 44.3 Å². The summed E-state index contributed by atoms with van der Waals surface area (Å²) in [6.45, 7) is 2.32. The maximum Gasteiger partial charge on any atom is 0.393 e. The van der Waals surface area contributed by atoms with Gasteiger partial charge >= 0.3 is 6.18 Å². The maximum atomic E-state index is 12.9. The number of nitrogens with zero attached hydrogens (tertiary/aromatic N) is 3. The highest BCUT2D eigenvalue weighted by atomic mass is 35.5. The molecule has 1 aromatic rings. The van der Waals surface area contributed by atoms with E-state index in [1.165, 1.54) is 4.90 Å². The third kappa shape index (κ3) is 6.09. The molecule has 2 fully saturated rings. The maximum absolute atomic E-state index is 12.9. The minimum absolute atomic E-state index is 0.0161. The zero-order valence-corrected chi connectivity index (χ0v) is 16.9. The second-order valence-corrected chi connectivity index (χ2v) is 8.12. The first-order valence-electron chi connectivity index (χ1n) is 9.81. The number of likely N-dealkylation sites (tertiary alicyclic amines) is 1. The van der Waals surface area contributed by atoms with Crippen LogP contribution in [-0.2, 0) is 16.0 Å². The molecule has 5 nitrogen and oxygen atoms in total. The van der Waals surface area contributed by atoms with E-state index in [-0.39, 0.29) is 31.3 Å². The van der Waals surface area contributed by atoms with Gasteiger partial charge in [-0.1, -0.05) is 23.7 Å². The second kappa shape index (κ2) is 9.34. The zero-order valence-electron chi connectivity index (χ0n) is 16.1. The molecule has 2 amide bonds. The molecule has 0 aromatic heterocycles. The lowest BCUT2D eigenvalue weighted by Crippen LogP contribution is -2.53. The number of piperidine rings is 1. The number of rotatable bonds is 4. The number of benzene rings is 1. The van der Waals surface area contributed by atoms with Crippen molar-refractivity contribution >= 4 is 23.4 Å². The van der Waals surface area contributed by atoms with Gasteiger partial charge in [0.15, 0.2) is 0 Å². The average molecular weight is 432 g/mol. The van der Waals surface area contributed by atoms with Crippen molar-refractivity contribution in [1.82, 2.24) is 14.7 Å². The van der Waals surface area contributed by atoms with Crippen LogP contribution in [0.1, 0.15) is 18.4 Å². The summed E-state index contributed by atoms with van der Waals surface area (Å²) >= 11 is 5.85. The Morgan fingerprint density at radius 1 is 0.966 bits per heavy atom. The van der Waals surface area contributed by atoms with Gasteiger partial charge in [0.05, 0.1) is 18.9 Å². The lowest BCUT2D eigenvalue weighted by atomic mass is 9.97. The van der Waals surface area contributed by atoms with E-state index in [0.29, 0.717) is 50.6 Å². The number of hydrogen-bond acceptors (Lipinski definition) is 3. The van der Waals surface area contributed by atoms with Gasteiger partial charge in [0.25, 0.3) is 0 Å². The molecule has 0 bridgehead atoms. The van der Waals surface area contributed by atoms with E-state index in [1.54, 1.807) is 17.0 Å². The van der Waals surface area contributed by atoms with Gasteiger partial charge in [-0.3, -0.25) is 14.5 Å². The van der Waals surface area contributed by atoms with E-state index >= 15 is 0 Å². The van der Waals surface area contributed by atoms with Crippen molar-refractivity contribution in [3.05, 3.63) is 34.9 Å². The predicted molar refractivity (Wildman–Crippen MR) is 104 cm³/mol. The molecular weight excluding hydrogens is 407 g/mol. The topological polar surface area (TPSA) is 43.9 Å². The first-order chi connectivity index (χ1) is 13.7. The Hall–Kier alpha value is -1.80. The molecular formula is C20H25ClF3N3O2. The molecule has 3 rings (SSSR count). The molecule has 0 spiro atoms. The van der Waals surface area contributed by atoms with Gasteiger partial charge in [0.2, 0.25) is 11.8 Å². The average Bonchev–Trinajstić information content (AvgIpc) is 2.69. The Morgan fingerprint density at radius 3 is 2.24 bits per heavy atom. The first-order valence-corrected chi connectivity index (χ1v) is 10.2. The van der Waals surface area contributed by atoms with E-state index in [1.807, 2.05) is 17.0 Å². The highest BCUT2D eigenvalue weighted by Crippen LogP contribution is 2.33. The number of carbonyl (C=O) groups is 2.